The molecule has 0 aromatic heterocycles. The molecule has 1 aliphatic rings. The minimum Gasteiger partial charge on any atom is -0.493 e. The molecule has 0 aliphatic carbocycles. The predicted molar refractivity (Wildman–Crippen MR) is 109 cm³/mol. The number of hydrogen-bond acceptors (Lipinski definition) is 7. The first kappa shape index (κ1) is 23.3. The number of methoxy groups -OCH3 is 3. The zero-order valence-corrected chi connectivity index (χ0v) is 18.1. The van der Waals surface area contributed by atoms with Crippen molar-refractivity contribution in [3.63, 3.8) is 0 Å². The topological polar surface area (TPSA) is 103 Å². The lowest BCUT2D eigenvalue weighted by Crippen LogP contribution is -2.57. The van der Waals surface area contributed by atoms with E-state index in [1.54, 1.807) is 0 Å². The van der Waals surface area contributed by atoms with Crippen molar-refractivity contribution in [2.75, 3.05) is 41.0 Å². The smallest absolute Gasteiger partial charge is 0.308 e. The van der Waals surface area contributed by atoms with E-state index < -0.39 is 17.9 Å². The van der Waals surface area contributed by atoms with E-state index in [1.165, 1.54) is 38.4 Å². The molecule has 2 rings (SSSR count). The fourth-order valence-corrected chi connectivity index (χ4v) is 3.16. The number of esters is 1. The van der Waals surface area contributed by atoms with Crippen LogP contribution in [0.15, 0.2) is 12.1 Å². The van der Waals surface area contributed by atoms with Crippen LogP contribution >= 0.6 is 0 Å². The van der Waals surface area contributed by atoms with Gasteiger partial charge < -0.3 is 29.2 Å². The first-order valence-corrected chi connectivity index (χ1v) is 9.86. The lowest BCUT2D eigenvalue weighted by atomic mass is 10.1. The van der Waals surface area contributed by atoms with Crippen molar-refractivity contribution < 1.29 is 33.3 Å². The number of nitrogens with zero attached hydrogens (tertiary/aromatic N) is 1. The van der Waals surface area contributed by atoms with Gasteiger partial charge in [0, 0.05) is 18.7 Å². The number of ether oxygens (including phenoxy) is 4. The largest absolute Gasteiger partial charge is 0.493 e. The Bertz CT molecular complexity index is 754. The fraction of sp³-hybridized carbons (Fsp3) is 0.571. The molecule has 1 unspecified atom stereocenters. The summed E-state index contributed by atoms with van der Waals surface area (Å²) in [5, 5.41) is 2.70. The second-order valence-corrected chi connectivity index (χ2v) is 7.33. The summed E-state index contributed by atoms with van der Waals surface area (Å²) in [5.41, 5.74) is 0.261. The van der Waals surface area contributed by atoms with Gasteiger partial charge in [0.25, 0.3) is 5.91 Å². The normalized spacial score (nSPS) is 16.1. The van der Waals surface area contributed by atoms with Gasteiger partial charge in [0.05, 0.1) is 34.4 Å². The average Bonchev–Trinajstić information content (AvgIpc) is 2.73. The first-order valence-electron chi connectivity index (χ1n) is 9.86. The Morgan fingerprint density at radius 2 is 1.77 bits per heavy atom. The molecule has 1 atom stereocenters. The molecule has 30 heavy (non-hydrogen) atoms. The third kappa shape index (κ3) is 5.55. The number of carbonyl (C=O) groups is 3. The Labute approximate surface area is 176 Å². The highest BCUT2D eigenvalue weighted by atomic mass is 16.5. The summed E-state index contributed by atoms with van der Waals surface area (Å²) in [4.78, 5) is 39.2. The molecule has 1 saturated heterocycles. The van der Waals surface area contributed by atoms with Gasteiger partial charge in [0.2, 0.25) is 11.7 Å². The van der Waals surface area contributed by atoms with Crippen molar-refractivity contribution in [1.82, 2.24) is 10.2 Å². The lowest BCUT2D eigenvalue weighted by Gasteiger charge is -2.34. The number of hydrogen-bond donors (Lipinski definition) is 1. The molecule has 9 nitrogen and oxygen atoms in total. The Hall–Kier alpha value is -2.97. The van der Waals surface area contributed by atoms with Crippen LogP contribution in [0.25, 0.3) is 0 Å². The van der Waals surface area contributed by atoms with Crippen LogP contribution in [0, 0.1) is 5.92 Å². The average molecular weight is 422 g/mol. The van der Waals surface area contributed by atoms with E-state index >= 15 is 0 Å². The van der Waals surface area contributed by atoms with Gasteiger partial charge >= 0.3 is 5.97 Å². The second kappa shape index (κ2) is 10.7. The highest BCUT2D eigenvalue weighted by molar-refractivity contribution is 6.00. The van der Waals surface area contributed by atoms with Crippen LogP contribution in [-0.4, -0.2) is 69.8 Å². The van der Waals surface area contributed by atoms with Gasteiger partial charge in [-0.1, -0.05) is 13.8 Å². The fourth-order valence-electron chi connectivity index (χ4n) is 3.16. The molecular formula is C21H30N2O7. The molecule has 1 heterocycles. The van der Waals surface area contributed by atoms with E-state index in [4.69, 9.17) is 18.9 Å². The van der Waals surface area contributed by atoms with E-state index in [1.807, 2.05) is 13.8 Å². The minimum absolute atomic E-state index is 0.208. The SMILES string of the molecule is COc1cc(C(=O)N2CCNC(=O)C2CC(=O)OCCC(C)C)cc(OC)c1OC. The van der Waals surface area contributed by atoms with Crippen LogP contribution in [0.1, 0.15) is 37.0 Å². The van der Waals surface area contributed by atoms with E-state index in [-0.39, 0.29) is 31.0 Å². The molecule has 0 bridgehead atoms. The third-order valence-corrected chi connectivity index (χ3v) is 4.82. The summed E-state index contributed by atoms with van der Waals surface area (Å²) in [6.45, 7) is 4.91. The van der Waals surface area contributed by atoms with Crippen LogP contribution in [0.4, 0.5) is 0 Å². The highest BCUT2D eigenvalue weighted by Crippen LogP contribution is 2.38. The van der Waals surface area contributed by atoms with Crippen LogP contribution in [0.2, 0.25) is 0 Å². The Morgan fingerprint density at radius 1 is 1.13 bits per heavy atom. The van der Waals surface area contributed by atoms with E-state index in [9.17, 15) is 14.4 Å². The second-order valence-electron chi connectivity index (χ2n) is 7.33. The van der Waals surface area contributed by atoms with Crippen molar-refractivity contribution in [3.8, 4) is 17.2 Å². The summed E-state index contributed by atoms with van der Waals surface area (Å²) < 4.78 is 21.1. The number of nitrogens with one attached hydrogen (secondary N) is 1. The number of benzene rings is 1. The molecular weight excluding hydrogens is 392 g/mol. The van der Waals surface area contributed by atoms with Crippen LogP contribution in [0.3, 0.4) is 0 Å². The zero-order chi connectivity index (χ0) is 22.3. The lowest BCUT2D eigenvalue weighted by molar-refractivity contribution is -0.148. The molecule has 1 N–H and O–H groups in total. The summed E-state index contributed by atoms with van der Waals surface area (Å²) in [6, 6.07) is 2.10. The van der Waals surface area contributed by atoms with Gasteiger partial charge in [-0.15, -0.1) is 0 Å². The van der Waals surface area contributed by atoms with Crippen molar-refractivity contribution in [3.05, 3.63) is 17.7 Å². The Balaban J connectivity index is 2.23. The zero-order valence-electron chi connectivity index (χ0n) is 18.1. The molecule has 2 amide bonds. The maximum Gasteiger partial charge on any atom is 0.308 e. The predicted octanol–water partition coefficient (Wildman–Crippen LogP) is 1.63. The third-order valence-electron chi connectivity index (χ3n) is 4.82. The molecule has 1 aromatic rings. The Kier molecular flexibility index (Phi) is 8.32. The molecule has 9 heteroatoms. The van der Waals surface area contributed by atoms with Crippen molar-refractivity contribution in [1.29, 1.82) is 0 Å². The van der Waals surface area contributed by atoms with Gasteiger partial charge in [-0.25, -0.2) is 0 Å². The quantitative estimate of drug-likeness (QED) is 0.603. The van der Waals surface area contributed by atoms with Gasteiger partial charge in [-0.3, -0.25) is 14.4 Å². The van der Waals surface area contributed by atoms with Crippen LogP contribution < -0.4 is 19.5 Å². The molecule has 1 fully saturated rings. The summed E-state index contributed by atoms with van der Waals surface area (Å²) in [7, 11) is 4.38. The van der Waals surface area contributed by atoms with Gasteiger partial charge in [-0.05, 0) is 24.5 Å². The molecule has 0 saturated carbocycles. The molecule has 1 aliphatic heterocycles. The number of piperazine rings is 1. The molecule has 166 valence electrons. The number of carbonyl (C=O) groups excluding carboxylic acids is 3. The summed E-state index contributed by atoms with van der Waals surface area (Å²) in [6.07, 6.45) is 0.525. The van der Waals surface area contributed by atoms with Gasteiger partial charge in [0.1, 0.15) is 6.04 Å². The van der Waals surface area contributed by atoms with Gasteiger partial charge in [0.15, 0.2) is 11.5 Å². The first-order chi connectivity index (χ1) is 14.3. The van der Waals surface area contributed by atoms with E-state index in [0.717, 1.165) is 6.42 Å². The maximum absolute atomic E-state index is 13.2. The monoisotopic (exact) mass is 422 g/mol. The molecule has 0 spiro atoms. The van der Waals surface area contributed by atoms with Crippen molar-refractivity contribution in [2.45, 2.75) is 32.7 Å². The molecule has 1 aromatic carbocycles. The summed E-state index contributed by atoms with van der Waals surface area (Å²) >= 11 is 0. The Morgan fingerprint density at radius 3 is 2.30 bits per heavy atom. The van der Waals surface area contributed by atoms with Crippen LogP contribution in [0.5, 0.6) is 17.2 Å². The summed E-state index contributed by atoms with van der Waals surface area (Å²) in [5.74, 6) is 0.0945. The number of amides is 2. The van der Waals surface area contributed by atoms with Crippen molar-refractivity contribution >= 4 is 17.8 Å². The number of rotatable bonds is 9. The van der Waals surface area contributed by atoms with E-state index in [2.05, 4.69) is 5.32 Å². The van der Waals surface area contributed by atoms with E-state index in [0.29, 0.717) is 29.7 Å². The van der Waals surface area contributed by atoms with Crippen LogP contribution in [-0.2, 0) is 14.3 Å². The van der Waals surface area contributed by atoms with Crippen molar-refractivity contribution in [2.24, 2.45) is 5.92 Å². The highest BCUT2D eigenvalue weighted by Gasteiger charge is 2.36. The minimum atomic E-state index is -0.947. The maximum atomic E-state index is 13.2. The standard InChI is InChI=1S/C21H30N2O7/c1-13(2)6-9-30-18(24)12-15-20(25)22-7-8-23(15)21(26)14-10-16(27-3)19(29-5)17(11-14)28-4/h10-11,13,15H,6-9,12H2,1-5H3,(H,22,25). The van der Waals surface area contributed by atoms with Gasteiger partial charge in [-0.2, -0.15) is 0 Å². The molecule has 0 radical (unpaired) electrons.